The van der Waals surface area contributed by atoms with Gasteiger partial charge >= 0.3 is 0 Å². The highest BCUT2D eigenvalue weighted by Crippen LogP contribution is 2.03. The molecule has 0 rings (SSSR count). The van der Waals surface area contributed by atoms with Crippen LogP contribution in [0.3, 0.4) is 0 Å². The minimum absolute atomic E-state index is 0.211. The van der Waals surface area contributed by atoms with E-state index in [2.05, 4.69) is 33.0 Å². The highest BCUT2D eigenvalue weighted by molar-refractivity contribution is 4.66. The maximum Gasteiger partial charge on any atom is 0.0591 e. The smallest absolute Gasteiger partial charge is 0.0591 e. The average molecular weight is 217 g/mol. The Bertz CT molecular complexity index is 138. The molecular weight excluding hydrogens is 190 g/mol. The molecule has 0 aliphatic rings. The molecule has 0 aromatic carbocycles. The SMILES string of the molecule is CC(C)COCCNC(CO)CC(C)C. The number of aliphatic hydroxyl groups is 1. The van der Waals surface area contributed by atoms with Gasteiger partial charge in [-0.05, 0) is 18.3 Å². The Kier molecular flexibility index (Phi) is 9.06. The van der Waals surface area contributed by atoms with Gasteiger partial charge in [0.15, 0.2) is 0 Å². The number of ether oxygens (including phenoxy) is 1. The molecule has 2 N–H and O–H groups in total. The van der Waals surface area contributed by atoms with Crippen LogP contribution in [0.1, 0.15) is 34.1 Å². The van der Waals surface area contributed by atoms with Crippen LogP contribution in [0.5, 0.6) is 0 Å². The molecule has 92 valence electrons. The van der Waals surface area contributed by atoms with E-state index in [1.165, 1.54) is 0 Å². The molecule has 1 atom stereocenters. The van der Waals surface area contributed by atoms with Crippen molar-refractivity contribution in [2.24, 2.45) is 11.8 Å². The number of hydrogen-bond donors (Lipinski definition) is 2. The molecule has 0 aromatic rings. The quantitative estimate of drug-likeness (QED) is 0.577. The van der Waals surface area contributed by atoms with Crippen molar-refractivity contribution in [3.63, 3.8) is 0 Å². The maximum absolute atomic E-state index is 9.12. The van der Waals surface area contributed by atoms with E-state index in [4.69, 9.17) is 9.84 Å². The summed E-state index contributed by atoms with van der Waals surface area (Å²) in [6, 6.07) is 0.215. The van der Waals surface area contributed by atoms with E-state index in [9.17, 15) is 0 Å². The first-order valence-corrected chi connectivity index (χ1v) is 5.98. The van der Waals surface area contributed by atoms with Crippen LogP contribution in [0, 0.1) is 11.8 Å². The first-order chi connectivity index (χ1) is 7.06. The molecule has 0 bridgehead atoms. The highest BCUT2D eigenvalue weighted by Gasteiger charge is 2.08. The van der Waals surface area contributed by atoms with Gasteiger partial charge in [-0.25, -0.2) is 0 Å². The zero-order valence-electron chi connectivity index (χ0n) is 10.6. The summed E-state index contributed by atoms with van der Waals surface area (Å²) in [4.78, 5) is 0. The van der Waals surface area contributed by atoms with E-state index in [-0.39, 0.29) is 12.6 Å². The Balaban J connectivity index is 3.38. The number of rotatable bonds is 9. The van der Waals surface area contributed by atoms with Crippen LogP contribution in [0.15, 0.2) is 0 Å². The molecule has 3 heteroatoms. The Hall–Kier alpha value is -0.120. The molecule has 0 saturated carbocycles. The van der Waals surface area contributed by atoms with Crippen molar-refractivity contribution in [3.05, 3.63) is 0 Å². The summed E-state index contributed by atoms with van der Waals surface area (Å²) in [5.41, 5.74) is 0. The van der Waals surface area contributed by atoms with Crippen molar-refractivity contribution < 1.29 is 9.84 Å². The summed E-state index contributed by atoms with van der Waals surface area (Å²) >= 11 is 0. The molecule has 0 amide bonds. The van der Waals surface area contributed by atoms with Crippen LogP contribution < -0.4 is 5.32 Å². The Morgan fingerprint density at radius 2 is 1.80 bits per heavy atom. The number of aliphatic hydroxyl groups excluding tert-OH is 1. The zero-order chi connectivity index (χ0) is 11.7. The topological polar surface area (TPSA) is 41.5 Å². The molecular formula is C12H27NO2. The van der Waals surface area contributed by atoms with Crippen molar-refractivity contribution in [3.8, 4) is 0 Å². The summed E-state index contributed by atoms with van der Waals surface area (Å²) in [6.45, 7) is 11.2. The molecule has 0 fully saturated rings. The van der Waals surface area contributed by atoms with Crippen molar-refractivity contribution in [1.29, 1.82) is 0 Å². The molecule has 0 aliphatic heterocycles. The standard InChI is InChI=1S/C12H27NO2/c1-10(2)7-12(8-14)13-5-6-15-9-11(3)4/h10-14H,5-9H2,1-4H3. The van der Waals surface area contributed by atoms with Crippen LogP contribution in [-0.2, 0) is 4.74 Å². The van der Waals surface area contributed by atoms with Crippen LogP contribution in [0.4, 0.5) is 0 Å². The normalized spacial score (nSPS) is 13.8. The number of hydrogen-bond acceptors (Lipinski definition) is 3. The highest BCUT2D eigenvalue weighted by atomic mass is 16.5. The van der Waals surface area contributed by atoms with E-state index >= 15 is 0 Å². The van der Waals surface area contributed by atoms with Gasteiger partial charge in [-0.1, -0.05) is 27.7 Å². The fourth-order valence-corrected chi connectivity index (χ4v) is 1.45. The number of nitrogens with one attached hydrogen (secondary N) is 1. The van der Waals surface area contributed by atoms with Gasteiger partial charge < -0.3 is 15.2 Å². The van der Waals surface area contributed by atoms with E-state index in [1.807, 2.05) is 0 Å². The van der Waals surface area contributed by atoms with Crippen LogP contribution in [0.2, 0.25) is 0 Å². The summed E-state index contributed by atoms with van der Waals surface area (Å²) in [5.74, 6) is 1.21. The van der Waals surface area contributed by atoms with Gasteiger partial charge in [0.25, 0.3) is 0 Å². The van der Waals surface area contributed by atoms with E-state index in [0.717, 1.165) is 26.2 Å². The summed E-state index contributed by atoms with van der Waals surface area (Å²) in [6.07, 6.45) is 1.01. The fraction of sp³-hybridized carbons (Fsp3) is 1.00. The van der Waals surface area contributed by atoms with Crippen molar-refractivity contribution in [2.45, 2.75) is 40.2 Å². The molecule has 3 nitrogen and oxygen atoms in total. The first-order valence-electron chi connectivity index (χ1n) is 5.98. The average Bonchev–Trinajstić information content (AvgIpc) is 2.14. The predicted molar refractivity (Wildman–Crippen MR) is 64.0 cm³/mol. The van der Waals surface area contributed by atoms with Gasteiger partial charge in [-0.2, -0.15) is 0 Å². The van der Waals surface area contributed by atoms with Crippen LogP contribution >= 0.6 is 0 Å². The summed E-state index contributed by atoms with van der Waals surface area (Å²) in [5, 5.41) is 12.4. The monoisotopic (exact) mass is 217 g/mol. The molecule has 0 spiro atoms. The molecule has 0 aliphatic carbocycles. The third kappa shape index (κ3) is 10.2. The van der Waals surface area contributed by atoms with Gasteiger partial charge in [0.1, 0.15) is 0 Å². The lowest BCUT2D eigenvalue weighted by molar-refractivity contribution is 0.106. The van der Waals surface area contributed by atoms with Gasteiger partial charge in [-0.3, -0.25) is 0 Å². The van der Waals surface area contributed by atoms with Gasteiger partial charge in [0.2, 0.25) is 0 Å². The second-order valence-corrected chi connectivity index (χ2v) is 4.93. The van der Waals surface area contributed by atoms with E-state index in [0.29, 0.717) is 11.8 Å². The largest absolute Gasteiger partial charge is 0.395 e. The third-order valence-corrected chi connectivity index (χ3v) is 2.11. The molecule has 15 heavy (non-hydrogen) atoms. The molecule has 1 unspecified atom stereocenters. The maximum atomic E-state index is 9.12. The molecule has 0 aromatic heterocycles. The predicted octanol–water partition coefficient (Wildman–Crippen LogP) is 1.66. The van der Waals surface area contributed by atoms with Gasteiger partial charge in [-0.15, -0.1) is 0 Å². The minimum Gasteiger partial charge on any atom is -0.395 e. The van der Waals surface area contributed by atoms with E-state index < -0.39 is 0 Å². The Morgan fingerprint density at radius 3 is 2.27 bits per heavy atom. The third-order valence-electron chi connectivity index (χ3n) is 2.11. The Labute approximate surface area is 94.2 Å². The molecule has 0 saturated heterocycles. The summed E-state index contributed by atoms with van der Waals surface area (Å²) < 4.78 is 5.45. The van der Waals surface area contributed by atoms with Gasteiger partial charge in [0, 0.05) is 19.2 Å². The first kappa shape index (κ1) is 14.9. The second-order valence-electron chi connectivity index (χ2n) is 4.93. The van der Waals surface area contributed by atoms with Crippen LogP contribution in [-0.4, -0.2) is 37.5 Å². The molecule has 0 radical (unpaired) electrons. The lowest BCUT2D eigenvalue weighted by atomic mass is 10.0. The van der Waals surface area contributed by atoms with Gasteiger partial charge in [0.05, 0.1) is 13.2 Å². The second kappa shape index (κ2) is 9.13. The summed E-state index contributed by atoms with van der Waals surface area (Å²) in [7, 11) is 0. The van der Waals surface area contributed by atoms with Crippen molar-refractivity contribution >= 4 is 0 Å². The fourth-order valence-electron chi connectivity index (χ4n) is 1.45. The van der Waals surface area contributed by atoms with Crippen molar-refractivity contribution in [2.75, 3.05) is 26.4 Å². The van der Waals surface area contributed by atoms with Crippen molar-refractivity contribution in [1.82, 2.24) is 5.32 Å². The lowest BCUT2D eigenvalue weighted by Gasteiger charge is -2.18. The van der Waals surface area contributed by atoms with E-state index in [1.54, 1.807) is 0 Å². The Morgan fingerprint density at radius 1 is 1.13 bits per heavy atom. The zero-order valence-corrected chi connectivity index (χ0v) is 10.6. The lowest BCUT2D eigenvalue weighted by Crippen LogP contribution is -2.36. The molecule has 0 heterocycles. The minimum atomic E-state index is 0.211. The van der Waals surface area contributed by atoms with Crippen LogP contribution in [0.25, 0.3) is 0 Å².